The Morgan fingerprint density at radius 3 is 2.66 bits per heavy atom. The molecule has 0 aliphatic carbocycles. The highest BCUT2D eigenvalue weighted by Gasteiger charge is 2.54. The standard InChI is InChI=1S/C29H30FN5O3/c1-33-24-13-22(38-2)6-7-23(24)26-27(33)25(15-36)34(14-19-8-10-31-11-9-19)16-29(26)17-35(18-29)28(37)32-21-5-3-4-20(30)12-21/h3-13,25,36H,14-18H2,1-2H3,(H,32,37)/t25-/m1/s1. The number of hydrogen-bond acceptors (Lipinski definition) is 5. The summed E-state index contributed by atoms with van der Waals surface area (Å²) in [5.41, 5.74) is 4.48. The van der Waals surface area contributed by atoms with Crippen LogP contribution in [-0.2, 0) is 19.0 Å². The molecule has 6 rings (SSSR count). The predicted octanol–water partition coefficient (Wildman–Crippen LogP) is 4.06. The summed E-state index contributed by atoms with van der Waals surface area (Å²) < 4.78 is 21.3. The zero-order chi connectivity index (χ0) is 26.4. The van der Waals surface area contributed by atoms with Crippen molar-refractivity contribution < 1.29 is 19.0 Å². The van der Waals surface area contributed by atoms with E-state index in [-0.39, 0.29) is 24.1 Å². The van der Waals surface area contributed by atoms with Crippen molar-refractivity contribution in [2.24, 2.45) is 7.05 Å². The highest BCUT2D eigenvalue weighted by Crippen LogP contribution is 2.50. The van der Waals surface area contributed by atoms with E-state index in [1.807, 2.05) is 31.3 Å². The van der Waals surface area contributed by atoms with Crippen LogP contribution in [0.5, 0.6) is 5.75 Å². The third kappa shape index (κ3) is 3.99. The smallest absolute Gasteiger partial charge is 0.321 e. The van der Waals surface area contributed by atoms with Gasteiger partial charge in [0.1, 0.15) is 11.6 Å². The molecule has 1 atom stereocenters. The summed E-state index contributed by atoms with van der Waals surface area (Å²) >= 11 is 0. The summed E-state index contributed by atoms with van der Waals surface area (Å²) in [6, 6.07) is 15.5. The van der Waals surface area contributed by atoms with E-state index in [4.69, 9.17) is 4.74 Å². The topological polar surface area (TPSA) is 82.9 Å². The number of aliphatic hydroxyl groups is 1. The zero-order valence-electron chi connectivity index (χ0n) is 21.4. The van der Waals surface area contributed by atoms with Gasteiger partial charge >= 0.3 is 6.03 Å². The van der Waals surface area contributed by atoms with Gasteiger partial charge in [0, 0.05) is 73.9 Å². The molecular weight excluding hydrogens is 485 g/mol. The van der Waals surface area contributed by atoms with E-state index in [0.29, 0.717) is 31.9 Å². The van der Waals surface area contributed by atoms with Crippen molar-refractivity contribution in [3.8, 4) is 5.75 Å². The molecule has 1 fully saturated rings. The number of pyridine rings is 1. The molecule has 2 aliphatic rings. The van der Waals surface area contributed by atoms with Gasteiger partial charge in [0.2, 0.25) is 0 Å². The van der Waals surface area contributed by atoms with Crippen LogP contribution < -0.4 is 10.1 Å². The Morgan fingerprint density at radius 1 is 1.16 bits per heavy atom. The molecule has 1 saturated heterocycles. The maximum Gasteiger partial charge on any atom is 0.321 e. The summed E-state index contributed by atoms with van der Waals surface area (Å²) in [5.74, 6) is 0.371. The van der Waals surface area contributed by atoms with Crippen LogP contribution in [0.3, 0.4) is 0 Å². The molecule has 0 bridgehead atoms. The maximum atomic E-state index is 13.7. The number of fused-ring (bicyclic) bond motifs is 4. The Hall–Kier alpha value is -3.95. The SMILES string of the molecule is COc1ccc2c3c(n(C)c2c1)[C@@H](CO)N(Cc1ccncc1)CC31CN(C(=O)Nc2cccc(F)c2)C1. The Labute approximate surface area is 220 Å². The quantitative estimate of drug-likeness (QED) is 0.419. The van der Waals surface area contributed by atoms with Crippen LogP contribution in [-0.4, -0.2) is 63.8 Å². The second kappa shape index (κ2) is 9.41. The van der Waals surface area contributed by atoms with Crippen LogP contribution in [0.1, 0.15) is 22.9 Å². The van der Waals surface area contributed by atoms with E-state index in [2.05, 4.69) is 25.8 Å². The molecule has 0 radical (unpaired) electrons. The fraction of sp³-hybridized carbons (Fsp3) is 0.310. The molecule has 2 aromatic heterocycles. The number of carbonyl (C=O) groups is 1. The number of nitrogens with one attached hydrogen (secondary N) is 1. The van der Waals surface area contributed by atoms with Gasteiger partial charge in [-0.3, -0.25) is 9.88 Å². The number of aliphatic hydroxyl groups excluding tert-OH is 1. The van der Waals surface area contributed by atoms with Crippen LogP contribution in [0.4, 0.5) is 14.9 Å². The first-order valence-electron chi connectivity index (χ1n) is 12.6. The van der Waals surface area contributed by atoms with Gasteiger partial charge in [0.25, 0.3) is 0 Å². The fourth-order valence-corrected chi connectivity index (χ4v) is 6.21. The van der Waals surface area contributed by atoms with Crippen molar-refractivity contribution in [1.82, 2.24) is 19.4 Å². The number of amides is 2. The lowest BCUT2D eigenvalue weighted by Crippen LogP contribution is -2.68. The first-order chi connectivity index (χ1) is 18.4. The molecule has 38 heavy (non-hydrogen) atoms. The molecule has 2 N–H and O–H groups in total. The lowest BCUT2D eigenvalue weighted by Gasteiger charge is -2.56. The van der Waals surface area contributed by atoms with Crippen molar-refractivity contribution >= 4 is 22.6 Å². The van der Waals surface area contributed by atoms with Crippen LogP contribution in [0.25, 0.3) is 10.9 Å². The van der Waals surface area contributed by atoms with Gasteiger partial charge in [-0.15, -0.1) is 0 Å². The Balaban J connectivity index is 1.39. The highest BCUT2D eigenvalue weighted by atomic mass is 19.1. The number of benzene rings is 2. The number of aryl methyl sites for hydroxylation is 1. The van der Waals surface area contributed by atoms with Crippen LogP contribution in [0.15, 0.2) is 67.0 Å². The largest absolute Gasteiger partial charge is 0.497 e. The number of halogens is 1. The number of anilines is 1. The average molecular weight is 516 g/mol. The van der Waals surface area contributed by atoms with Gasteiger partial charge in [-0.25, -0.2) is 9.18 Å². The number of nitrogens with zero attached hydrogens (tertiary/aromatic N) is 4. The number of hydrogen-bond donors (Lipinski definition) is 2. The molecule has 4 aromatic rings. The number of aromatic nitrogens is 2. The van der Waals surface area contributed by atoms with E-state index in [9.17, 15) is 14.3 Å². The van der Waals surface area contributed by atoms with Crippen molar-refractivity contribution in [2.75, 3.05) is 38.7 Å². The van der Waals surface area contributed by atoms with Crippen molar-refractivity contribution in [2.45, 2.75) is 18.0 Å². The van der Waals surface area contributed by atoms with Gasteiger partial charge in [0.05, 0.1) is 25.3 Å². The minimum absolute atomic E-state index is 0.0285. The number of rotatable bonds is 5. The fourth-order valence-electron chi connectivity index (χ4n) is 6.21. The van der Waals surface area contributed by atoms with E-state index in [0.717, 1.165) is 27.9 Å². The first kappa shape index (κ1) is 24.4. The molecular formula is C29H30FN5O3. The summed E-state index contributed by atoms with van der Waals surface area (Å²) in [6.45, 7) is 2.32. The van der Waals surface area contributed by atoms with Gasteiger partial charge in [-0.2, -0.15) is 0 Å². The van der Waals surface area contributed by atoms with Gasteiger partial charge in [0.15, 0.2) is 0 Å². The van der Waals surface area contributed by atoms with Crippen LogP contribution >= 0.6 is 0 Å². The molecule has 4 heterocycles. The summed E-state index contributed by atoms with van der Waals surface area (Å²) in [7, 11) is 3.68. The maximum absolute atomic E-state index is 13.7. The van der Waals surface area contributed by atoms with Crippen molar-refractivity contribution in [3.63, 3.8) is 0 Å². The van der Waals surface area contributed by atoms with E-state index in [1.54, 1.807) is 36.5 Å². The van der Waals surface area contributed by atoms with Gasteiger partial charge in [-0.1, -0.05) is 6.07 Å². The summed E-state index contributed by atoms with van der Waals surface area (Å²) in [5, 5.41) is 14.6. The third-order valence-corrected chi connectivity index (χ3v) is 7.90. The summed E-state index contributed by atoms with van der Waals surface area (Å²) in [4.78, 5) is 21.3. The Morgan fingerprint density at radius 2 is 1.95 bits per heavy atom. The molecule has 1 spiro atoms. The number of methoxy groups -OCH3 is 1. The van der Waals surface area contributed by atoms with Gasteiger partial charge < -0.3 is 24.6 Å². The molecule has 196 valence electrons. The molecule has 0 unspecified atom stereocenters. The predicted molar refractivity (Wildman–Crippen MR) is 143 cm³/mol. The molecule has 0 saturated carbocycles. The second-order valence-corrected chi connectivity index (χ2v) is 10.2. The Kier molecular flexibility index (Phi) is 6.04. The average Bonchev–Trinajstić information content (AvgIpc) is 3.19. The van der Waals surface area contributed by atoms with Gasteiger partial charge in [-0.05, 0) is 53.6 Å². The highest BCUT2D eigenvalue weighted by molar-refractivity contribution is 5.92. The third-order valence-electron chi connectivity index (χ3n) is 7.90. The number of carbonyl (C=O) groups excluding carboxylic acids is 1. The minimum Gasteiger partial charge on any atom is -0.497 e. The monoisotopic (exact) mass is 515 g/mol. The molecule has 8 nitrogen and oxygen atoms in total. The molecule has 2 aliphatic heterocycles. The summed E-state index contributed by atoms with van der Waals surface area (Å²) in [6.07, 6.45) is 3.55. The van der Waals surface area contributed by atoms with Crippen molar-refractivity contribution in [1.29, 1.82) is 0 Å². The first-order valence-corrected chi connectivity index (χ1v) is 12.6. The van der Waals surface area contributed by atoms with Crippen LogP contribution in [0.2, 0.25) is 0 Å². The second-order valence-electron chi connectivity index (χ2n) is 10.2. The lowest BCUT2D eigenvalue weighted by atomic mass is 9.68. The lowest BCUT2D eigenvalue weighted by molar-refractivity contribution is 0.0111. The number of likely N-dealkylation sites (tertiary alicyclic amines) is 1. The minimum atomic E-state index is -0.396. The Bertz CT molecular complexity index is 1500. The number of ether oxygens (including phenoxy) is 1. The van der Waals surface area contributed by atoms with E-state index >= 15 is 0 Å². The normalized spacial score (nSPS) is 18.3. The van der Waals surface area contributed by atoms with E-state index < -0.39 is 5.82 Å². The molecule has 9 heteroatoms. The molecule has 2 amide bonds. The molecule has 2 aromatic carbocycles. The van der Waals surface area contributed by atoms with Crippen molar-refractivity contribution in [3.05, 3.63) is 89.6 Å². The van der Waals surface area contributed by atoms with Crippen LogP contribution in [0, 0.1) is 5.82 Å². The van der Waals surface area contributed by atoms with E-state index in [1.165, 1.54) is 17.7 Å². The number of urea groups is 1. The zero-order valence-corrected chi connectivity index (χ0v) is 21.4.